The molecular formula is C23H29ClN4O5. The van der Waals surface area contributed by atoms with Gasteiger partial charge in [-0.2, -0.15) is 5.10 Å². The van der Waals surface area contributed by atoms with Crippen molar-refractivity contribution in [2.24, 2.45) is 5.92 Å². The third kappa shape index (κ3) is 6.34. The van der Waals surface area contributed by atoms with Crippen molar-refractivity contribution in [3.63, 3.8) is 0 Å². The van der Waals surface area contributed by atoms with Gasteiger partial charge in [0.2, 0.25) is 11.8 Å². The van der Waals surface area contributed by atoms with Crippen molar-refractivity contribution in [2.75, 3.05) is 11.9 Å². The van der Waals surface area contributed by atoms with E-state index in [0.717, 1.165) is 6.42 Å². The van der Waals surface area contributed by atoms with E-state index in [2.05, 4.69) is 10.4 Å². The minimum Gasteiger partial charge on any atom is -0.465 e. The molecule has 10 heteroatoms. The van der Waals surface area contributed by atoms with E-state index in [0.29, 0.717) is 17.2 Å². The summed E-state index contributed by atoms with van der Waals surface area (Å²) < 4.78 is 7.40. The van der Waals surface area contributed by atoms with Crippen molar-refractivity contribution in [1.29, 1.82) is 0 Å². The monoisotopic (exact) mass is 476 g/mol. The van der Waals surface area contributed by atoms with Crippen molar-refractivity contribution in [1.82, 2.24) is 14.7 Å². The Bertz CT molecular complexity index is 995. The summed E-state index contributed by atoms with van der Waals surface area (Å²) in [6.45, 7) is 3.74. The van der Waals surface area contributed by atoms with Crippen LogP contribution in [0.25, 0.3) is 0 Å². The van der Waals surface area contributed by atoms with Crippen molar-refractivity contribution >= 4 is 29.2 Å². The van der Waals surface area contributed by atoms with Crippen LogP contribution in [0.1, 0.15) is 26.7 Å². The van der Waals surface area contributed by atoms with Gasteiger partial charge in [0.05, 0.1) is 24.3 Å². The summed E-state index contributed by atoms with van der Waals surface area (Å²) in [5.41, 5.74) is 0. The van der Waals surface area contributed by atoms with Crippen LogP contribution in [0.4, 0.5) is 5.82 Å². The van der Waals surface area contributed by atoms with Gasteiger partial charge in [-0.05, 0) is 30.5 Å². The lowest BCUT2D eigenvalue weighted by Crippen LogP contribution is -2.51. The molecule has 1 unspecified atom stereocenters. The minimum atomic E-state index is -0.956. The Balaban J connectivity index is 1.79. The first-order chi connectivity index (χ1) is 15.8. The number of halogens is 1. The van der Waals surface area contributed by atoms with E-state index in [1.807, 2.05) is 13.8 Å². The van der Waals surface area contributed by atoms with Crippen LogP contribution in [-0.4, -0.2) is 61.7 Å². The Morgan fingerprint density at radius 3 is 2.79 bits per heavy atom. The van der Waals surface area contributed by atoms with Crippen LogP contribution >= 0.6 is 11.6 Å². The van der Waals surface area contributed by atoms with Crippen LogP contribution in [0.5, 0.6) is 5.75 Å². The van der Waals surface area contributed by atoms with Gasteiger partial charge in [0.15, 0.2) is 12.0 Å². The third-order valence-corrected chi connectivity index (χ3v) is 5.79. The van der Waals surface area contributed by atoms with E-state index in [1.54, 1.807) is 42.6 Å². The molecule has 0 fully saturated rings. The molecule has 2 aromatic rings. The average Bonchev–Trinajstić information content (AvgIpc) is 3.39. The van der Waals surface area contributed by atoms with Crippen LogP contribution in [0.2, 0.25) is 5.02 Å². The predicted molar refractivity (Wildman–Crippen MR) is 124 cm³/mol. The number of anilines is 1. The van der Waals surface area contributed by atoms with Gasteiger partial charge in [0.1, 0.15) is 11.8 Å². The van der Waals surface area contributed by atoms with E-state index in [4.69, 9.17) is 21.4 Å². The fourth-order valence-electron chi connectivity index (χ4n) is 3.47. The molecule has 1 aliphatic rings. The molecule has 4 atom stereocenters. The van der Waals surface area contributed by atoms with Crippen LogP contribution in [0, 0.1) is 5.92 Å². The molecule has 0 spiro atoms. The molecule has 3 rings (SSSR count). The Morgan fingerprint density at radius 1 is 1.33 bits per heavy atom. The van der Waals surface area contributed by atoms with Gasteiger partial charge in [0, 0.05) is 18.3 Å². The summed E-state index contributed by atoms with van der Waals surface area (Å²) in [5.74, 6) is 0.146. The number of carbonyl (C=O) groups is 2. The number of hydrogen-bond acceptors (Lipinski definition) is 6. The number of para-hydroxylation sites is 1. The smallest absolute Gasteiger partial charge is 0.250 e. The number of rotatable bonds is 11. The fourth-order valence-corrected chi connectivity index (χ4v) is 3.65. The average molecular weight is 477 g/mol. The number of nitrogens with one attached hydrogen (secondary N) is 1. The third-order valence-electron chi connectivity index (χ3n) is 5.48. The molecule has 33 heavy (non-hydrogen) atoms. The van der Waals surface area contributed by atoms with Crippen molar-refractivity contribution in [3.8, 4) is 5.75 Å². The molecule has 0 aliphatic carbocycles. The van der Waals surface area contributed by atoms with Crippen molar-refractivity contribution in [2.45, 2.75) is 51.6 Å². The number of carbonyl (C=O) groups excluding carboxylic acids is 2. The standard InChI is InChI=1S/C23H29ClN4O5/c1-3-15(2)12-18(23(32)25-20-10-11-27(26-20)13-16(30)14-29)28-21(31)8-9-22(28)33-19-7-5-4-6-17(19)24/h4-11,15-16,18,22,29-30H,3,12-14H2,1-2H3,(H,25,26,32)/t15-,16-,18+,22?/m1/s1. The van der Waals surface area contributed by atoms with Crippen LogP contribution in [0.15, 0.2) is 48.7 Å². The van der Waals surface area contributed by atoms with E-state index in [-0.39, 0.29) is 24.2 Å². The highest BCUT2D eigenvalue weighted by Gasteiger charge is 2.38. The Morgan fingerprint density at radius 2 is 2.09 bits per heavy atom. The number of aromatic nitrogens is 2. The zero-order valence-electron chi connectivity index (χ0n) is 18.6. The summed E-state index contributed by atoms with van der Waals surface area (Å²) in [4.78, 5) is 27.5. The molecule has 0 bridgehead atoms. The van der Waals surface area contributed by atoms with Gasteiger partial charge in [-0.1, -0.05) is 44.0 Å². The molecule has 2 heterocycles. The molecular weight excluding hydrogens is 448 g/mol. The first-order valence-electron chi connectivity index (χ1n) is 10.9. The topological polar surface area (TPSA) is 117 Å². The molecule has 2 amide bonds. The predicted octanol–water partition coefficient (Wildman–Crippen LogP) is 2.44. The fraction of sp³-hybridized carbons (Fsp3) is 0.435. The summed E-state index contributed by atoms with van der Waals surface area (Å²) in [7, 11) is 0. The summed E-state index contributed by atoms with van der Waals surface area (Å²) >= 11 is 6.22. The highest BCUT2D eigenvalue weighted by atomic mass is 35.5. The normalized spacial score (nSPS) is 18.3. The van der Waals surface area contributed by atoms with Crippen LogP contribution in [-0.2, 0) is 16.1 Å². The summed E-state index contributed by atoms with van der Waals surface area (Å²) in [6.07, 6.45) is 4.11. The quantitative estimate of drug-likeness (QED) is 0.458. The Kier molecular flexibility index (Phi) is 8.49. The largest absolute Gasteiger partial charge is 0.465 e. The number of benzene rings is 1. The number of aliphatic hydroxyl groups is 2. The van der Waals surface area contributed by atoms with Crippen molar-refractivity contribution < 1.29 is 24.5 Å². The minimum absolute atomic E-state index is 0.0882. The second-order valence-corrected chi connectivity index (χ2v) is 8.46. The second kappa shape index (κ2) is 11.3. The molecule has 1 aliphatic heterocycles. The molecule has 0 radical (unpaired) electrons. The van der Waals surface area contributed by atoms with Gasteiger partial charge in [0.25, 0.3) is 0 Å². The first kappa shape index (κ1) is 24.8. The lowest BCUT2D eigenvalue weighted by atomic mass is 9.97. The maximum Gasteiger partial charge on any atom is 0.250 e. The SMILES string of the molecule is CC[C@@H](C)C[C@@H](C(=O)Nc1ccn(C[C@@H](O)CO)n1)N1C(=O)C=CC1Oc1ccccc1Cl. The van der Waals surface area contributed by atoms with E-state index in [9.17, 15) is 14.7 Å². The van der Waals surface area contributed by atoms with Gasteiger partial charge in [-0.15, -0.1) is 0 Å². The molecule has 178 valence electrons. The zero-order chi connectivity index (χ0) is 24.0. The number of aliphatic hydroxyl groups excluding tert-OH is 2. The molecule has 9 nitrogen and oxygen atoms in total. The second-order valence-electron chi connectivity index (χ2n) is 8.06. The lowest BCUT2D eigenvalue weighted by molar-refractivity contribution is -0.140. The first-order valence-corrected chi connectivity index (χ1v) is 11.2. The highest BCUT2D eigenvalue weighted by Crippen LogP contribution is 2.29. The zero-order valence-corrected chi connectivity index (χ0v) is 19.4. The van der Waals surface area contributed by atoms with Gasteiger partial charge >= 0.3 is 0 Å². The molecule has 1 aromatic heterocycles. The van der Waals surface area contributed by atoms with Crippen LogP contribution in [0.3, 0.4) is 0 Å². The highest BCUT2D eigenvalue weighted by molar-refractivity contribution is 6.32. The summed E-state index contributed by atoms with van der Waals surface area (Å²) in [5, 5.41) is 26.0. The summed E-state index contributed by atoms with van der Waals surface area (Å²) in [6, 6.07) is 7.73. The number of hydrogen-bond donors (Lipinski definition) is 3. The number of nitrogens with zero attached hydrogens (tertiary/aromatic N) is 3. The molecule has 0 saturated heterocycles. The Labute approximate surface area is 197 Å². The lowest BCUT2D eigenvalue weighted by Gasteiger charge is -2.33. The molecule has 3 N–H and O–H groups in total. The maximum absolute atomic E-state index is 13.3. The van der Waals surface area contributed by atoms with Gasteiger partial charge in [-0.25, -0.2) is 0 Å². The van der Waals surface area contributed by atoms with Gasteiger partial charge < -0.3 is 20.3 Å². The van der Waals surface area contributed by atoms with Crippen LogP contribution < -0.4 is 10.1 Å². The van der Waals surface area contributed by atoms with Gasteiger partial charge in [-0.3, -0.25) is 19.2 Å². The number of amides is 2. The van der Waals surface area contributed by atoms with E-state index >= 15 is 0 Å². The molecule has 0 saturated carbocycles. The van der Waals surface area contributed by atoms with E-state index < -0.39 is 30.9 Å². The maximum atomic E-state index is 13.3. The molecule has 1 aromatic carbocycles. The number of ether oxygens (including phenoxy) is 1. The van der Waals surface area contributed by atoms with Crippen molar-refractivity contribution in [3.05, 3.63) is 53.7 Å². The van der Waals surface area contributed by atoms with E-state index in [1.165, 1.54) is 15.7 Å². The Hall–Kier alpha value is -2.88.